The molecule has 0 radical (unpaired) electrons. The molecule has 25 heavy (non-hydrogen) atoms. The number of nitrogens with one attached hydrogen (secondary N) is 3. The molecule has 1 fully saturated rings. The van der Waals surface area contributed by atoms with Crippen LogP contribution in [0.1, 0.15) is 51.9 Å². The largest absolute Gasteiger partial charge is 0.344 e. The summed E-state index contributed by atoms with van der Waals surface area (Å²) in [5, 5.41) is 8.30. The maximum Gasteiger partial charge on any atom is 0.246 e. The van der Waals surface area contributed by atoms with E-state index in [4.69, 9.17) is 0 Å². The highest BCUT2D eigenvalue weighted by Crippen LogP contribution is 2.12. The van der Waals surface area contributed by atoms with Crippen LogP contribution >= 0.6 is 0 Å². The van der Waals surface area contributed by atoms with Crippen molar-refractivity contribution in [3.8, 4) is 0 Å². The van der Waals surface area contributed by atoms with Gasteiger partial charge in [0.05, 0.1) is 0 Å². The van der Waals surface area contributed by atoms with Gasteiger partial charge in [-0.1, -0.05) is 50.8 Å². The van der Waals surface area contributed by atoms with Crippen molar-refractivity contribution in [1.29, 1.82) is 0 Å². The van der Waals surface area contributed by atoms with Crippen LogP contribution in [-0.2, 0) is 14.4 Å². The Kier molecular flexibility index (Phi) is 7.44. The van der Waals surface area contributed by atoms with E-state index >= 15 is 0 Å². The predicted molar refractivity (Wildman–Crippen MR) is 96.9 cm³/mol. The number of hydrogen-bond donors (Lipinski definition) is 3. The van der Waals surface area contributed by atoms with Crippen molar-refractivity contribution in [3.63, 3.8) is 0 Å². The fraction of sp³-hybridized carbons (Fsp3) is 0.526. The van der Waals surface area contributed by atoms with Crippen molar-refractivity contribution < 1.29 is 14.4 Å². The summed E-state index contributed by atoms with van der Waals surface area (Å²) in [6.07, 6.45) is 5.55. The molecule has 1 heterocycles. The van der Waals surface area contributed by atoms with Crippen LogP contribution in [0.3, 0.4) is 0 Å². The minimum Gasteiger partial charge on any atom is -0.344 e. The smallest absolute Gasteiger partial charge is 0.246 e. The van der Waals surface area contributed by atoms with Crippen molar-refractivity contribution in [1.82, 2.24) is 10.6 Å². The zero-order chi connectivity index (χ0) is 18.1. The molecule has 0 spiro atoms. The summed E-state index contributed by atoms with van der Waals surface area (Å²) >= 11 is 0. The first-order valence-electron chi connectivity index (χ1n) is 9.05. The van der Waals surface area contributed by atoms with E-state index in [2.05, 4.69) is 22.9 Å². The molecule has 0 bridgehead atoms. The van der Waals surface area contributed by atoms with Crippen molar-refractivity contribution in [2.24, 2.45) is 0 Å². The zero-order valence-corrected chi connectivity index (χ0v) is 14.7. The summed E-state index contributed by atoms with van der Waals surface area (Å²) in [6, 6.07) is 8.06. The number of carbonyl (C=O) groups excluding carboxylic acids is 3. The Morgan fingerprint density at radius 1 is 1.20 bits per heavy atom. The van der Waals surface area contributed by atoms with Gasteiger partial charge in [0.15, 0.2) is 0 Å². The number of unbranched alkanes of at least 4 members (excludes halogenated alkanes) is 3. The van der Waals surface area contributed by atoms with Gasteiger partial charge < -0.3 is 16.0 Å². The molecule has 0 aromatic heterocycles. The lowest BCUT2D eigenvalue weighted by atomic mass is 10.1. The van der Waals surface area contributed by atoms with Crippen molar-refractivity contribution >= 4 is 23.4 Å². The van der Waals surface area contributed by atoms with Crippen LogP contribution < -0.4 is 16.0 Å². The Bertz CT molecular complexity index is 589. The van der Waals surface area contributed by atoms with Gasteiger partial charge >= 0.3 is 0 Å². The number of para-hydroxylation sites is 1. The van der Waals surface area contributed by atoms with Gasteiger partial charge in [-0.3, -0.25) is 14.4 Å². The number of carbonyl (C=O) groups is 3. The van der Waals surface area contributed by atoms with E-state index in [9.17, 15) is 14.4 Å². The molecule has 1 aliphatic heterocycles. The Morgan fingerprint density at radius 2 is 1.96 bits per heavy atom. The minimum atomic E-state index is -0.595. The third-order valence-electron chi connectivity index (χ3n) is 4.33. The molecule has 1 aliphatic rings. The maximum absolute atomic E-state index is 12.6. The van der Waals surface area contributed by atoms with Gasteiger partial charge in [0.2, 0.25) is 17.7 Å². The van der Waals surface area contributed by atoms with E-state index in [0.29, 0.717) is 24.9 Å². The Hall–Kier alpha value is -2.37. The lowest BCUT2D eigenvalue weighted by Gasteiger charge is -2.20. The van der Waals surface area contributed by atoms with E-state index in [-0.39, 0.29) is 17.7 Å². The molecule has 1 saturated heterocycles. The normalized spacial score (nSPS) is 17.6. The molecular weight excluding hydrogens is 318 g/mol. The molecule has 6 heteroatoms. The molecule has 1 aromatic carbocycles. The second kappa shape index (κ2) is 9.81. The molecule has 3 amide bonds. The van der Waals surface area contributed by atoms with Gasteiger partial charge in [-0.15, -0.1) is 0 Å². The van der Waals surface area contributed by atoms with Crippen LogP contribution in [0.5, 0.6) is 0 Å². The fourth-order valence-corrected chi connectivity index (χ4v) is 2.88. The third-order valence-corrected chi connectivity index (χ3v) is 4.33. The average molecular weight is 345 g/mol. The summed E-state index contributed by atoms with van der Waals surface area (Å²) in [4.78, 5) is 36.2. The van der Waals surface area contributed by atoms with Gasteiger partial charge in [-0.2, -0.15) is 0 Å². The highest BCUT2D eigenvalue weighted by molar-refractivity contribution is 5.98. The summed E-state index contributed by atoms with van der Waals surface area (Å²) in [5.74, 6) is -0.622. The summed E-state index contributed by atoms with van der Waals surface area (Å²) < 4.78 is 0. The van der Waals surface area contributed by atoms with Gasteiger partial charge in [0.1, 0.15) is 12.1 Å². The average Bonchev–Trinajstić information content (AvgIpc) is 3.05. The van der Waals surface area contributed by atoms with Crippen LogP contribution in [-0.4, -0.2) is 29.8 Å². The highest BCUT2D eigenvalue weighted by Gasteiger charge is 2.30. The topological polar surface area (TPSA) is 87.3 Å². The van der Waals surface area contributed by atoms with Crippen molar-refractivity contribution in [3.05, 3.63) is 30.3 Å². The van der Waals surface area contributed by atoms with Gasteiger partial charge in [0, 0.05) is 12.1 Å². The van der Waals surface area contributed by atoms with Crippen LogP contribution in [0.25, 0.3) is 0 Å². The predicted octanol–water partition coefficient (Wildman–Crippen LogP) is 2.36. The van der Waals surface area contributed by atoms with E-state index in [0.717, 1.165) is 25.7 Å². The lowest BCUT2D eigenvalue weighted by molar-refractivity contribution is -0.128. The summed E-state index contributed by atoms with van der Waals surface area (Å²) in [5.41, 5.74) is 0.703. The number of hydrogen-bond acceptors (Lipinski definition) is 3. The van der Waals surface area contributed by atoms with Crippen LogP contribution in [0.4, 0.5) is 5.69 Å². The first-order valence-corrected chi connectivity index (χ1v) is 9.05. The van der Waals surface area contributed by atoms with E-state index in [1.54, 1.807) is 0 Å². The quantitative estimate of drug-likeness (QED) is 0.600. The molecule has 3 N–H and O–H groups in total. The molecule has 2 rings (SSSR count). The van der Waals surface area contributed by atoms with Crippen LogP contribution in [0.15, 0.2) is 30.3 Å². The van der Waals surface area contributed by atoms with Crippen molar-refractivity contribution in [2.45, 2.75) is 64.0 Å². The van der Waals surface area contributed by atoms with Gasteiger partial charge in [0.25, 0.3) is 0 Å². The Balaban J connectivity index is 1.94. The number of benzene rings is 1. The number of rotatable bonds is 9. The Morgan fingerprint density at radius 3 is 2.60 bits per heavy atom. The molecule has 1 aromatic rings. The molecule has 0 saturated carbocycles. The van der Waals surface area contributed by atoms with Gasteiger partial charge in [-0.05, 0) is 25.0 Å². The molecule has 0 unspecified atom stereocenters. The van der Waals surface area contributed by atoms with Gasteiger partial charge in [-0.25, -0.2) is 0 Å². The SMILES string of the molecule is CCCCCC[C@H](NC(=O)[C@H]1CCC(=O)N1)C(=O)Nc1ccccc1. The molecule has 136 valence electrons. The molecule has 2 atom stereocenters. The lowest BCUT2D eigenvalue weighted by Crippen LogP contribution is -2.50. The first kappa shape index (κ1) is 19.0. The number of anilines is 1. The highest BCUT2D eigenvalue weighted by atomic mass is 16.2. The molecule has 6 nitrogen and oxygen atoms in total. The van der Waals surface area contributed by atoms with Crippen molar-refractivity contribution in [2.75, 3.05) is 5.32 Å². The van der Waals surface area contributed by atoms with E-state index in [1.807, 2.05) is 30.3 Å². The summed E-state index contributed by atoms with van der Waals surface area (Å²) in [6.45, 7) is 2.13. The number of amides is 3. The van der Waals surface area contributed by atoms with Crippen LogP contribution in [0, 0.1) is 0 Å². The second-order valence-corrected chi connectivity index (χ2v) is 6.42. The third kappa shape index (κ3) is 6.21. The first-order chi connectivity index (χ1) is 12.1. The Labute approximate surface area is 148 Å². The monoisotopic (exact) mass is 345 g/mol. The van der Waals surface area contributed by atoms with E-state index < -0.39 is 12.1 Å². The minimum absolute atomic E-state index is 0.117. The fourth-order valence-electron chi connectivity index (χ4n) is 2.88. The van der Waals surface area contributed by atoms with E-state index in [1.165, 1.54) is 0 Å². The molecule has 0 aliphatic carbocycles. The zero-order valence-electron chi connectivity index (χ0n) is 14.7. The standard InChI is InChI=1S/C19H27N3O3/c1-2-3-4-8-11-15(18(24)20-14-9-6-5-7-10-14)22-19(25)16-12-13-17(23)21-16/h5-7,9-10,15-16H,2-4,8,11-13H2,1H3,(H,20,24)(H,21,23)(H,22,25)/t15-,16+/m0/s1. The second-order valence-electron chi connectivity index (χ2n) is 6.42. The maximum atomic E-state index is 12.6. The van der Waals surface area contributed by atoms with Crippen LogP contribution in [0.2, 0.25) is 0 Å². The summed E-state index contributed by atoms with van der Waals surface area (Å²) in [7, 11) is 0. The molecular formula is C19H27N3O3.